The van der Waals surface area contributed by atoms with Crippen LogP contribution < -0.4 is 10.2 Å². The maximum Gasteiger partial charge on any atom is 0.229 e. The molecule has 154 valence electrons. The Balaban J connectivity index is 1.43. The van der Waals surface area contributed by atoms with Gasteiger partial charge >= 0.3 is 0 Å². The van der Waals surface area contributed by atoms with Crippen molar-refractivity contribution in [3.8, 4) is 11.3 Å². The number of hydrogen-bond donors (Lipinski definition) is 1. The molecule has 6 heteroatoms. The highest BCUT2D eigenvalue weighted by molar-refractivity contribution is 5.93. The van der Waals surface area contributed by atoms with Gasteiger partial charge in [0.15, 0.2) is 5.82 Å². The molecule has 1 atom stereocenters. The number of amides is 1. The normalized spacial score (nSPS) is 16.4. The molecule has 1 unspecified atom stereocenters. The number of halogens is 1. The average molecular weight is 404 g/mol. The highest BCUT2D eigenvalue weighted by Gasteiger charge is 2.27. The van der Waals surface area contributed by atoms with E-state index >= 15 is 0 Å². The van der Waals surface area contributed by atoms with Gasteiger partial charge in [0.25, 0.3) is 0 Å². The standard InChI is InChI=1S/C24H25FN4O/c1-16-5-10-21(17(2)14-16)26-24(30)19-4-3-13-29(15-19)23-12-11-22(27-28-23)18-6-8-20(25)9-7-18/h5-12,14,19H,3-4,13,15H2,1-2H3,(H,26,30). The SMILES string of the molecule is Cc1ccc(NC(=O)C2CCCN(c3ccc(-c4ccc(F)cc4)nn3)C2)c(C)c1. The number of rotatable bonds is 4. The molecule has 1 amide bonds. The summed E-state index contributed by atoms with van der Waals surface area (Å²) >= 11 is 0. The Morgan fingerprint density at radius 3 is 2.57 bits per heavy atom. The van der Waals surface area contributed by atoms with E-state index in [-0.39, 0.29) is 17.6 Å². The van der Waals surface area contributed by atoms with Crippen molar-refractivity contribution in [3.63, 3.8) is 0 Å². The molecule has 1 aliphatic heterocycles. The fraction of sp³-hybridized carbons (Fsp3) is 0.292. The van der Waals surface area contributed by atoms with Crippen molar-refractivity contribution in [1.29, 1.82) is 0 Å². The molecule has 5 nitrogen and oxygen atoms in total. The topological polar surface area (TPSA) is 58.1 Å². The van der Waals surface area contributed by atoms with Crippen molar-refractivity contribution < 1.29 is 9.18 Å². The van der Waals surface area contributed by atoms with Gasteiger partial charge in [0.2, 0.25) is 5.91 Å². The number of benzene rings is 2. The summed E-state index contributed by atoms with van der Waals surface area (Å²) in [6, 6.07) is 16.0. The molecule has 0 radical (unpaired) electrons. The molecule has 1 fully saturated rings. The summed E-state index contributed by atoms with van der Waals surface area (Å²) in [4.78, 5) is 15.0. The van der Waals surface area contributed by atoms with Crippen molar-refractivity contribution >= 4 is 17.4 Å². The van der Waals surface area contributed by atoms with Gasteiger partial charge in [-0.2, -0.15) is 0 Å². The molecular weight excluding hydrogens is 379 g/mol. The largest absolute Gasteiger partial charge is 0.354 e. The van der Waals surface area contributed by atoms with E-state index in [0.29, 0.717) is 12.2 Å². The van der Waals surface area contributed by atoms with Crippen molar-refractivity contribution in [2.75, 3.05) is 23.3 Å². The Kier molecular flexibility index (Phi) is 5.74. The zero-order valence-electron chi connectivity index (χ0n) is 17.2. The van der Waals surface area contributed by atoms with E-state index in [4.69, 9.17) is 0 Å². The molecule has 3 aromatic rings. The summed E-state index contributed by atoms with van der Waals surface area (Å²) < 4.78 is 13.1. The van der Waals surface area contributed by atoms with Gasteiger partial charge < -0.3 is 10.2 Å². The van der Waals surface area contributed by atoms with Crippen LogP contribution in [0.5, 0.6) is 0 Å². The molecule has 2 aromatic carbocycles. The van der Waals surface area contributed by atoms with Gasteiger partial charge in [-0.15, -0.1) is 10.2 Å². The summed E-state index contributed by atoms with van der Waals surface area (Å²) in [5.74, 6) is 0.423. The predicted octanol–water partition coefficient (Wildman–Crippen LogP) is 4.75. The van der Waals surface area contributed by atoms with E-state index < -0.39 is 0 Å². The van der Waals surface area contributed by atoms with Gasteiger partial charge in [-0.05, 0) is 74.7 Å². The molecule has 0 aliphatic carbocycles. The minimum absolute atomic E-state index is 0.0440. The fourth-order valence-electron chi connectivity index (χ4n) is 3.86. The predicted molar refractivity (Wildman–Crippen MR) is 117 cm³/mol. The Labute approximate surface area is 176 Å². The molecule has 4 rings (SSSR count). The Morgan fingerprint density at radius 1 is 1.07 bits per heavy atom. The quantitative estimate of drug-likeness (QED) is 0.681. The number of carbonyl (C=O) groups excluding carboxylic acids is 1. The van der Waals surface area contributed by atoms with Crippen LogP contribution in [0.4, 0.5) is 15.9 Å². The number of piperidine rings is 1. The summed E-state index contributed by atoms with van der Waals surface area (Å²) in [6.45, 7) is 5.51. The van der Waals surface area contributed by atoms with Gasteiger partial charge in [-0.25, -0.2) is 4.39 Å². The number of aromatic nitrogens is 2. The van der Waals surface area contributed by atoms with E-state index in [1.165, 1.54) is 17.7 Å². The van der Waals surface area contributed by atoms with Crippen LogP contribution in [0.15, 0.2) is 54.6 Å². The first kappa shape index (κ1) is 20.0. The molecule has 0 bridgehead atoms. The lowest BCUT2D eigenvalue weighted by Gasteiger charge is -2.32. The minimum Gasteiger partial charge on any atom is -0.354 e. The van der Waals surface area contributed by atoms with Crippen LogP contribution in [0.3, 0.4) is 0 Å². The summed E-state index contributed by atoms with van der Waals surface area (Å²) in [5, 5.41) is 11.7. The molecule has 1 saturated heterocycles. The van der Waals surface area contributed by atoms with Crippen LogP contribution in [0.1, 0.15) is 24.0 Å². The lowest BCUT2D eigenvalue weighted by molar-refractivity contribution is -0.120. The summed E-state index contributed by atoms with van der Waals surface area (Å²) in [6.07, 6.45) is 1.78. The van der Waals surface area contributed by atoms with E-state index in [1.807, 2.05) is 38.1 Å². The van der Waals surface area contributed by atoms with Crippen molar-refractivity contribution in [1.82, 2.24) is 10.2 Å². The maximum absolute atomic E-state index is 13.1. The second kappa shape index (κ2) is 8.61. The van der Waals surface area contributed by atoms with E-state index in [2.05, 4.69) is 26.5 Å². The lowest BCUT2D eigenvalue weighted by Crippen LogP contribution is -2.41. The fourth-order valence-corrected chi connectivity index (χ4v) is 3.86. The zero-order valence-corrected chi connectivity index (χ0v) is 17.2. The van der Waals surface area contributed by atoms with Crippen molar-refractivity contribution in [2.24, 2.45) is 5.92 Å². The third-order valence-corrected chi connectivity index (χ3v) is 5.55. The van der Waals surface area contributed by atoms with Crippen LogP contribution in [-0.4, -0.2) is 29.2 Å². The maximum atomic E-state index is 13.1. The molecule has 0 spiro atoms. The number of nitrogens with one attached hydrogen (secondary N) is 1. The van der Waals surface area contributed by atoms with Gasteiger partial charge in [-0.3, -0.25) is 4.79 Å². The van der Waals surface area contributed by atoms with Crippen LogP contribution in [0.2, 0.25) is 0 Å². The molecule has 0 saturated carbocycles. The zero-order chi connectivity index (χ0) is 21.1. The number of anilines is 2. The first-order valence-corrected chi connectivity index (χ1v) is 10.2. The number of hydrogen-bond acceptors (Lipinski definition) is 4. The molecule has 1 aromatic heterocycles. The van der Waals surface area contributed by atoms with Gasteiger partial charge in [0, 0.05) is 24.3 Å². The van der Waals surface area contributed by atoms with Gasteiger partial charge in [0.1, 0.15) is 5.82 Å². The van der Waals surface area contributed by atoms with Gasteiger partial charge in [-0.1, -0.05) is 17.7 Å². The van der Waals surface area contributed by atoms with Crippen LogP contribution in [0, 0.1) is 25.6 Å². The first-order chi connectivity index (χ1) is 14.5. The number of carbonyl (C=O) groups is 1. The third-order valence-electron chi connectivity index (χ3n) is 5.55. The van der Waals surface area contributed by atoms with Crippen LogP contribution in [0.25, 0.3) is 11.3 Å². The Hall–Kier alpha value is -3.28. The van der Waals surface area contributed by atoms with E-state index in [1.54, 1.807) is 12.1 Å². The van der Waals surface area contributed by atoms with Gasteiger partial charge in [0.05, 0.1) is 11.6 Å². The monoisotopic (exact) mass is 404 g/mol. The van der Waals surface area contributed by atoms with E-state index in [0.717, 1.165) is 42.0 Å². The second-order valence-electron chi connectivity index (χ2n) is 7.88. The molecule has 1 aliphatic rings. The lowest BCUT2D eigenvalue weighted by atomic mass is 9.96. The molecule has 30 heavy (non-hydrogen) atoms. The second-order valence-corrected chi connectivity index (χ2v) is 7.88. The number of nitrogens with zero attached hydrogens (tertiary/aromatic N) is 3. The average Bonchev–Trinajstić information content (AvgIpc) is 2.76. The first-order valence-electron chi connectivity index (χ1n) is 10.2. The van der Waals surface area contributed by atoms with E-state index in [9.17, 15) is 9.18 Å². The van der Waals surface area contributed by atoms with Crippen LogP contribution in [-0.2, 0) is 4.79 Å². The third kappa shape index (κ3) is 4.48. The van der Waals surface area contributed by atoms with Crippen molar-refractivity contribution in [2.45, 2.75) is 26.7 Å². The molecular formula is C24H25FN4O. The minimum atomic E-state index is -0.276. The Bertz CT molecular complexity index is 1030. The number of aryl methyl sites for hydroxylation is 2. The Morgan fingerprint density at radius 2 is 1.87 bits per heavy atom. The summed E-state index contributed by atoms with van der Waals surface area (Å²) in [5.41, 5.74) is 4.63. The molecule has 2 heterocycles. The summed E-state index contributed by atoms with van der Waals surface area (Å²) in [7, 11) is 0. The smallest absolute Gasteiger partial charge is 0.229 e. The molecule has 1 N–H and O–H groups in total. The highest BCUT2D eigenvalue weighted by Crippen LogP contribution is 2.25. The van der Waals surface area contributed by atoms with Crippen molar-refractivity contribution in [3.05, 3.63) is 71.5 Å². The van der Waals surface area contributed by atoms with Crippen LogP contribution >= 0.6 is 0 Å². The highest BCUT2D eigenvalue weighted by atomic mass is 19.1.